The van der Waals surface area contributed by atoms with Crippen molar-refractivity contribution in [3.8, 4) is 0 Å². The quantitative estimate of drug-likeness (QED) is 0.757. The maximum Gasteiger partial charge on any atom is 0.0648 e. The maximum atomic E-state index is 5.86. The lowest BCUT2D eigenvalue weighted by Gasteiger charge is -2.31. The summed E-state index contributed by atoms with van der Waals surface area (Å²) in [5.41, 5.74) is 2.27. The molecule has 1 fully saturated rings. The van der Waals surface area contributed by atoms with Crippen LogP contribution in [0.15, 0.2) is 18.3 Å². The van der Waals surface area contributed by atoms with E-state index in [9.17, 15) is 0 Å². The Balaban J connectivity index is 2.21. The molecular formula is C14H21ClN2. The molecule has 3 heteroatoms. The standard InChI is InChI=1S/C14H21ClN2/c1-2-13-6-4-3-5-9-17(13)14-7-8-16-12(10-14)11-15/h7-8,10,13H,2-6,9,11H2,1H3. The molecule has 1 unspecified atom stereocenters. The number of aromatic nitrogens is 1. The number of rotatable bonds is 3. The molecule has 0 N–H and O–H groups in total. The molecule has 1 aliphatic rings. The molecule has 94 valence electrons. The van der Waals surface area contributed by atoms with E-state index in [1.165, 1.54) is 44.3 Å². The van der Waals surface area contributed by atoms with Gasteiger partial charge in [-0.1, -0.05) is 19.8 Å². The Labute approximate surface area is 109 Å². The number of halogens is 1. The third-order valence-electron chi connectivity index (χ3n) is 3.62. The fourth-order valence-corrected chi connectivity index (χ4v) is 2.81. The van der Waals surface area contributed by atoms with Crippen LogP contribution >= 0.6 is 11.6 Å². The summed E-state index contributed by atoms with van der Waals surface area (Å²) >= 11 is 5.86. The molecule has 2 nitrogen and oxygen atoms in total. The average Bonchev–Trinajstić information content (AvgIpc) is 2.63. The molecule has 1 saturated heterocycles. The summed E-state index contributed by atoms with van der Waals surface area (Å²) in [7, 11) is 0. The normalized spacial score (nSPS) is 21.3. The Morgan fingerprint density at radius 3 is 3.06 bits per heavy atom. The molecule has 2 rings (SSSR count). The first-order chi connectivity index (χ1) is 8.35. The molecular weight excluding hydrogens is 232 g/mol. The van der Waals surface area contributed by atoms with Crippen LogP contribution in [0, 0.1) is 0 Å². The van der Waals surface area contributed by atoms with Crippen molar-refractivity contribution in [2.45, 2.75) is 50.9 Å². The topological polar surface area (TPSA) is 16.1 Å². The molecule has 0 spiro atoms. The van der Waals surface area contributed by atoms with Gasteiger partial charge in [0.1, 0.15) is 0 Å². The molecule has 0 saturated carbocycles. The zero-order chi connectivity index (χ0) is 12.1. The second-order valence-corrected chi connectivity index (χ2v) is 5.01. The highest BCUT2D eigenvalue weighted by atomic mass is 35.5. The van der Waals surface area contributed by atoms with E-state index >= 15 is 0 Å². The van der Waals surface area contributed by atoms with Crippen molar-refractivity contribution in [1.82, 2.24) is 4.98 Å². The molecule has 1 aromatic rings. The number of pyridine rings is 1. The van der Waals surface area contributed by atoms with E-state index in [0.29, 0.717) is 11.9 Å². The first-order valence-corrected chi connectivity index (χ1v) is 7.16. The third-order valence-corrected chi connectivity index (χ3v) is 3.89. The van der Waals surface area contributed by atoms with Gasteiger partial charge in [0, 0.05) is 24.5 Å². The summed E-state index contributed by atoms with van der Waals surface area (Å²) in [6.07, 6.45) is 8.44. The monoisotopic (exact) mass is 252 g/mol. The van der Waals surface area contributed by atoms with Gasteiger partial charge in [-0.25, -0.2) is 0 Å². The predicted octanol–water partition coefficient (Wildman–Crippen LogP) is 3.98. The first-order valence-electron chi connectivity index (χ1n) is 6.62. The van der Waals surface area contributed by atoms with E-state index in [-0.39, 0.29) is 0 Å². The molecule has 17 heavy (non-hydrogen) atoms. The molecule has 0 aliphatic carbocycles. The van der Waals surface area contributed by atoms with Crippen molar-refractivity contribution in [1.29, 1.82) is 0 Å². The van der Waals surface area contributed by atoms with Gasteiger partial charge in [0.25, 0.3) is 0 Å². The van der Waals surface area contributed by atoms with E-state index in [1.54, 1.807) is 0 Å². The number of hydrogen-bond acceptors (Lipinski definition) is 2. The Hall–Kier alpha value is -0.760. The minimum absolute atomic E-state index is 0.498. The molecule has 0 radical (unpaired) electrons. The fourth-order valence-electron chi connectivity index (χ4n) is 2.66. The van der Waals surface area contributed by atoms with E-state index < -0.39 is 0 Å². The lowest BCUT2D eigenvalue weighted by atomic mass is 10.1. The molecule has 1 aromatic heterocycles. The summed E-state index contributed by atoms with van der Waals surface area (Å²) < 4.78 is 0. The van der Waals surface area contributed by atoms with Crippen LogP contribution in [-0.4, -0.2) is 17.6 Å². The second-order valence-electron chi connectivity index (χ2n) is 4.74. The fraction of sp³-hybridized carbons (Fsp3) is 0.643. The van der Waals surface area contributed by atoms with Gasteiger partial charge in [0.2, 0.25) is 0 Å². The van der Waals surface area contributed by atoms with Gasteiger partial charge in [-0.3, -0.25) is 4.98 Å². The highest BCUT2D eigenvalue weighted by Crippen LogP contribution is 2.26. The molecule has 0 bridgehead atoms. The summed E-state index contributed by atoms with van der Waals surface area (Å²) in [6, 6.07) is 4.94. The van der Waals surface area contributed by atoms with Gasteiger partial charge < -0.3 is 4.90 Å². The Morgan fingerprint density at radius 1 is 1.41 bits per heavy atom. The van der Waals surface area contributed by atoms with Crippen molar-refractivity contribution in [3.63, 3.8) is 0 Å². The van der Waals surface area contributed by atoms with Gasteiger partial charge in [0.05, 0.1) is 11.6 Å². The van der Waals surface area contributed by atoms with Crippen molar-refractivity contribution >= 4 is 17.3 Å². The predicted molar refractivity (Wildman–Crippen MR) is 73.7 cm³/mol. The zero-order valence-electron chi connectivity index (χ0n) is 10.5. The molecule has 0 amide bonds. The van der Waals surface area contributed by atoms with Crippen molar-refractivity contribution in [2.75, 3.05) is 11.4 Å². The highest BCUT2D eigenvalue weighted by Gasteiger charge is 2.19. The van der Waals surface area contributed by atoms with Crippen LogP contribution in [-0.2, 0) is 5.88 Å². The minimum Gasteiger partial charge on any atom is -0.368 e. The van der Waals surface area contributed by atoms with Gasteiger partial charge >= 0.3 is 0 Å². The average molecular weight is 253 g/mol. The summed E-state index contributed by atoms with van der Waals surface area (Å²) in [4.78, 5) is 6.81. The van der Waals surface area contributed by atoms with Gasteiger partial charge in [0.15, 0.2) is 0 Å². The molecule has 1 aliphatic heterocycles. The zero-order valence-corrected chi connectivity index (χ0v) is 11.3. The van der Waals surface area contributed by atoms with Crippen LogP contribution in [0.3, 0.4) is 0 Å². The van der Waals surface area contributed by atoms with Crippen LogP contribution < -0.4 is 4.90 Å². The van der Waals surface area contributed by atoms with E-state index in [2.05, 4.69) is 28.9 Å². The van der Waals surface area contributed by atoms with Crippen molar-refractivity contribution in [3.05, 3.63) is 24.0 Å². The number of anilines is 1. The summed E-state index contributed by atoms with van der Waals surface area (Å²) in [6.45, 7) is 3.46. The van der Waals surface area contributed by atoms with Crippen LogP contribution in [0.4, 0.5) is 5.69 Å². The van der Waals surface area contributed by atoms with Gasteiger partial charge in [-0.05, 0) is 31.4 Å². The first kappa shape index (κ1) is 12.7. The molecule has 1 atom stereocenters. The highest BCUT2D eigenvalue weighted by molar-refractivity contribution is 6.16. The Kier molecular flexibility index (Phi) is 4.66. The van der Waals surface area contributed by atoms with Crippen LogP contribution in [0.2, 0.25) is 0 Å². The smallest absolute Gasteiger partial charge is 0.0648 e. The number of nitrogens with zero attached hydrogens (tertiary/aromatic N) is 2. The molecule has 0 aromatic carbocycles. The van der Waals surface area contributed by atoms with E-state index in [4.69, 9.17) is 11.6 Å². The van der Waals surface area contributed by atoms with E-state index in [0.717, 1.165) is 5.69 Å². The van der Waals surface area contributed by atoms with Crippen LogP contribution in [0.25, 0.3) is 0 Å². The summed E-state index contributed by atoms with van der Waals surface area (Å²) in [5, 5.41) is 0. The minimum atomic E-state index is 0.498. The van der Waals surface area contributed by atoms with Crippen molar-refractivity contribution in [2.24, 2.45) is 0 Å². The lowest BCUT2D eigenvalue weighted by molar-refractivity contribution is 0.556. The largest absolute Gasteiger partial charge is 0.368 e. The van der Waals surface area contributed by atoms with E-state index in [1.807, 2.05) is 6.20 Å². The number of hydrogen-bond donors (Lipinski definition) is 0. The number of alkyl halides is 1. The Morgan fingerprint density at radius 2 is 2.29 bits per heavy atom. The second kappa shape index (κ2) is 6.25. The van der Waals surface area contributed by atoms with Crippen LogP contribution in [0.1, 0.15) is 44.7 Å². The SMILES string of the molecule is CCC1CCCCCN1c1ccnc(CCl)c1. The maximum absolute atomic E-state index is 5.86. The van der Waals surface area contributed by atoms with Crippen LogP contribution in [0.5, 0.6) is 0 Å². The summed E-state index contributed by atoms with van der Waals surface area (Å²) in [5.74, 6) is 0.498. The van der Waals surface area contributed by atoms with Gasteiger partial charge in [-0.15, -0.1) is 11.6 Å². The van der Waals surface area contributed by atoms with Crippen molar-refractivity contribution < 1.29 is 0 Å². The Bertz CT molecular complexity index is 354. The molecule has 2 heterocycles. The lowest BCUT2D eigenvalue weighted by Crippen LogP contribution is -2.34. The third kappa shape index (κ3) is 3.12. The van der Waals surface area contributed by atoms with Gasteiger partial charge in [-0.2, -0.15) is 0 Å².